The molecule has 1 fully saturated rings. The third-order valence-electron chi connectivity index (χ3n) is 5.84. The van der Waals surface area contributed by atoms with E-state index in [0.717, 1.165) is 22.5 Å². The van der Waals surface area contributed by atoms with E-state index in [-0.39, 0.29) is 6.04 Å². The molecule has 1 aliphatic carbocycles. The van der Waals surface area contributed by atoms with Crippen LogP contribution in [-0.2, 0) is 4.74 Å². The van der Waals surface area contributed by atoms with Crippen LogP contribution < -0.4 is 4.74 Å². The number of ether oxygens (including phenoxy) is 2. The molecule has 1 atom stereocenters. The molecule has 29 heavy (non-hydrogen) atoms. The first kappa shape index (κ1) is 19.9. The molecule has 3 aromatic rings. The van der Waals surface area contributed by atoms with E-state index < -0.39 is 0 Å². The second kappa shape index (κ2) is 7.79. The van der Waals surface area contributed by atoms with Crippen LogP contribution in [0.15, 0.2) is 24.4 Å². The van der Waals surface area contributed by atoms with Gasteiger partial charge in [-0.3, -0.25) is 0 Å². The average Bonchev–Trinajstić information content (AvgIpc) is 3.51. The van der Waals surface area contributed by atoms with Gasteiger partial charge in [0.2, 0.25) is 5.88 Å². The van der Waals surface area contributed by atoms with Gasteiger partial charge in [-0.1, -0.05) is 13.8 Å². The predicted octanol–water partition coefficient (Wildman–Crippen LogP) is 5.62. The highest BCUT2D eigenvalue weighted by atomic mass is 16.5. The Balaban J connectivity index is 1.91. The minimum atomic E-state index is 0.262. The normalized spacial score (nSPS) is 15.3. The van der Waals surface area contributed by atoms with Crippen molar-refractivity contribution in [3.05, 3.63) is 41.2 Å². The molecule has 0 saturated heterocycles. The Labute approximate surface area is 173 Å². The van der Waals surface area contributed by atoms with Crippen LogP contribution in [0.4, 0.5) is 0 Å². The van der Waals surface area contributed by atoms with Crippen LogP contribution in [0, 0.1) is 6.92 Å². The molecule has 0 N–H and O–H groups in total. The Bertz CT molecular complexity index is 1030. The second-order valence-corrected chi connectivity index (χ2v) is 8.54. The smallest absolute Gasteiger partial charge is 0.222 e. The summed E-state index contributed by atoms with van der Waals surface area (Å²) in [5.74, 6) is 1.59. The zero-order valence-electron chi connectivity index (χ0n) is 18.3. The largest absolute Gasteiger partial charge is 0.480 e. The number of hydrogen-bond donors (Lipinski definition) is 0. The first-order chi connectivity index (χ1) is 13.9. The number of hydrogen-bond acceptors (Lipinski definition) is 4. The van der Waals surface area contributed by atoms with Crippen molar-refractivity contribution in [2.45, 2.75) is 58.4 Å². The summed E-state index contributed by atoms with van der Waals surface area (Å²) in [6, 6.07) is 6.83. The minimum Gasteiger partial charge on any atom is -0.480 e. The lowest BCUT2D eigenvalue weighted by molar-refractivity contribution is 0.164. The fourth-order valence-electron chi connectivity index (χ4n) is 4.06. The van der Waals surface area contributed by atoms with Gasteiger partial charge in [0.25, 0.3) is 0 Å². The van der Waals surface area contributed by atoms with Gasteiger partial charge in [0.05, 0.1) is 42.0 Å². The molecule has 1 aliphatic rings. The summed E-state index contributed by atoms with van der Waals surface area (Å²) in [6.07, 6.45) is 4.62. The second-order valence-electron chi connectivity index (χ2n) is 8.54. The number of nitrogens with zero attached hydrogens (tertiary/aromatic N) is 3. The molecule has 0 radical (unpaired) electrons. The maximum atomic E-state index is 5.69. The summed E-state index contributed by atoms with van der Waals surface area (Å²) in [6.45, 7) is 9.29. The predicted molar refractivity (Wildman–Crippen MR) is 117 cm³/mol. The summed E-state index contributed by atoms with van der Waals surface area (Å²) in [5.41, 5.74) is 7.75. The standard InChI is InChI=1S/C24H31N3O2/c1-14(2)20-10-9-18(24(25-20)29-6)23-19(17-7-8-17)11-21-22(26-23)15(3)12-27(21)16(4)13-28-5/h9-12,14,16-17H,7-8,13H2,1-6H3/t16-/m0/s1. The Morgan fingerprint density at radius 3 is 2.52 bits per heavy atom. The summed E-state index contributed by atoms with van der Waals surface area (Å²) in [5, 5.41) is 0. The van der Waals surface area contributed by atoms with Crippen molar-refractivity contribution < 1.29 is 9.47 Å². The van der Waals surface area contributed by atoms with Gasteiger partial charge >= 0.3 is 0 Å². The van der Waals surface area contributed by atoms with E-state index in [1.54, 1.807) is 14.2 Å². The minimum absolute atomic E-state index is 0.262. The van der Waals surface area contributed by atoms with Crippen LogP contribution in [0.3, 0.4) is 0 Å². The zero-order valence-corrected chi connectivity index (χ0v) is 18.3. The van der Waals surface area contributed by atoms with Crippen molar-refractivity contribution in [3.8, 4) is 17.1 Å². The van der Waals surface area contributed by atoms with E-state index in [4.69, 9.17) is 19.4 Å². The summed E-state index contributed by atoms with van der Waals surface area (Å²) >= 11 is 0. The molecular weight excluding hydrogens is 362 g/mol. The highest BCUT2D eigenvalue weighted by Crippen LogP contribution is 2.46. The Hall–Kier alpha value is -2.40. The third kappa shape index (κ3) is 3.64. The zero-order chi connectivity index (χ0) is 20.7. The lowest BCUT2D eigenvalue weighted by Gasteiger charge is -2.17. The molecular formula is C24H31N3O2. The van der Waals surface area contributed by atoms with Gasteiger partial charge in [-0.15, -0.1) is 0 Å². The molecule has 5 nitrogen and oxygen atoms in total. The molecule has 1 saturated carbocycles. The van der Waals surface area contributed by atoms with Gasteiger partial charge < -0.3 is 14.0 Å². The van der Waals surface area contributed by atoms with E-state index in [1.165, 1.54) is 29.5 Å². The molecule has 0 aliphatic heterocycles. The lowest BCUT2D eigenvalue weighted by Crippen LogP contribution is -2.10. The molecule has 154 valence electrons. The van der Waals surface area contributed by atoms with Gasteiger partial charge in [-0.05, 0) is 67.9 Å². The maximum Gasteiger partial charge on any atom is 0.222 e. The number of rotatable bonds is 7. The molecule has 0 aromatic carbocycles. The van der Waals surface area contributed by atoms with E-state index in [2.05, 4.69) is 56.7 Å². The van der Waals surface area contributed by atoms with Crippen molar-refractivity contribution in [1.82, 2.24) is 14.5 Å². The molecule has 3 aromatic heterocycles. The Morgan fingerprint density at radius 2 is 1.90 bits per heavy atom. The van der Waals surface area contributed by atoms with Crippen LogP contribution in [-0.4, -0.2) is 35.4 Å². The molecule has 4 rings (SSSR count). The van der Waals surface area contributed by atoms with Crippen molar-refractivity contribution >= 4 is 11.0 Å². The number of methoxy groups -OCH3 is 2. The van der Waals surface area contributed by atoms with Gasteiger partial charge in [0.1, 0.15) is 0 Å². The number of pyridine rings is 2. The molecule has 3 heterocycles. The Morgan fingerprint density at radius 1 is 1.14 bits per heavy atom. The number of aromatic nitrogens is 3. The van der Waals surface area contributed by atoms with Crippen LogP contribution in [0.5, 0.6) is 5.88 Å². The highest BCUT2D eigenvalue weighted by molar-refractivity contribution is 5.85. The summed E-state index contributed by atoms with van der Waals surface area (Å²) < 4.78 is 13.4. The average molecular weight is 394 g/mol. The first-order valence-electron chi connectivity index (χ1n) is 10.5. The van der Waals surface area contributed by atoms with E-state index in [9.17, 15) is 0 Å². The van der Waals surface area contributed by atoms with Crippen LogP contribution in [0.2, 0.25) is 0 Å². The lowest BCUT2D eigenvalue weighted by atomic mass is 10.0. The van der Waals surface area contributed by atoms with E-state index >= 15 is 0 Å². The SMILES string of the molecule is COC[C@H](C)n1cc(C)c2nc(-c3ccc(C(C)C)nc3OC)c(C3CC3)cc21. The van der Waals surface area contributed by atoms with Crippen molar-refractivity contribution in [2.75, 3.05) is 20.8 Å². The van der Waals surface area contributed by atoms with Gasteiger partial charge in [-0.25, -0.2) is 9.97 Å². The quantitative estimate of drug-likeness (QED) is 0.522. The summed E-state index contributed by atoms with van der Waals surface area (Å²) in [7, 11) is 3.44. The topological polar surface area (TPSA) is 49.2 Å². The van der Waals surface area contributed by atoms with E-state index in [1.807, 2.05) is 0 Å². The van der Waals surface area contributed by atoms with Crippen molar-refractivity contribution in [3.63, 3.8) is 0 Å². The maximum absolute atomic E-state index is 5.69. The molecule has 0 unspecified atom stereocenters. The Kier molecular flexibility index (Phi) is 5.34. The van der Waals surface area contributed by atoms with Crippen molar-refractivity contribution in [1.29, 1.82) is 0 Å². The van der Waals surface area contributed by atoms with Gasteiger partial charge in [-0.2, -0.15) is 0 Å². The highest BCUT2D eigenvalue weighted by Gasteiger charge is 2.30. The molecule has 0 bridgehead atoms. The molecule has 5 heteroatoms. The number of fused-ring (bicyclic) bond motifs is 1. The monoisotopic (exact) mass is 393 g/mol. The number of aryl methyl sites for hydroxylation is 1. The van der Waals surface area contributed by atoms with Gasteiger partial charge in [0, 0.05) is 19.0 Å². The van der Waals surface area contributed by atoms with Crippen LogP contribution in [0.25, 0.3) is 22.3 Å². The van der Waals surface area contributed by atoms with Crippen LogP contribution >= 0.6 is 0 Å². The fraction of sp³-hybridized carbons (Fsp3) is 0.500. The van der Waals surface area contributed by atoms with Gasteiger partial charge in [0.15, 0.2) is 0 Å². The van der Waals surface area contributed by atoms with Crippen molar-refractivity contribution in [2.24, 2.45) is 0 Å². The first-order valence-corrected chi connectivity index (χ1v) is 10.5. The third-order valence-corrected chi connectivity index (χ3v) is 5.84. The fourth-order valence-corrected chi connectivity index (χ4v) is 4.06. The van der Waals surface area contributed by atoms with Crippen LogP contribution in [0.1, 0.15) is 68.3 Å². The summed E-state index contributed by atoms with van der Waals surface area (Å²) in [4.78, 5) is 9.94. The van der Waals surface area contributed by atoms with E-state index in [0.29, 0.717) is 24.3 Å². The molecule has 0 amide bonds. The molecule has 0 spiro atoms.